The van der Waals surface area contributed by atoms with E-state index in [0.29, 0.717) is 5.78 Å². The maximum absolute atomic E-state index is 4.59. The van der Waals surface area contributed by atoms with Crippen LogP contribution in [0.4, 0.5) is 0 Å². The van der Waals surface area contributed by atoms with Gasteiger partial charge in [0.25, 0.3) is 5.78 Å². The summed E-state index contributed by atoms with van der Waals surface area (Å²) < 4.78 is 3.79. The molecule has 0 saturated carbocycles. The number of aryl methyl sites for hydroxylation is 1. The Labute approximate surface area is 142 Å². The Bertz CT molecular complexity index is 990. The lowest BCUT2D eigenvalue weighted by Crippen LogP contribution is -2.01. The smallest absolute Gasteiger partial charge is 0.253 e. The summed E-state index contributed by atoms with van der Waals surface area (Å²) in [6, 6.07) is 12.0. The van der Waals surface area contributed by atoms with Crippen LogP contribution in [0.25, 0.3) is 17.0 Å². The molecule has 0 bridgehead atoms. The number of aromatic nitrogens is 7. The highest BCUT2D eigenvalue weighted by molar-refractivity contribution is 7.99. The molecular formula is C16H15N7S. The molecule has 8 heteroatoms. The van der Waals surface area contributed by atoms with Crippen LogP contribution in [0.3, 0.4) is 0 Å². The lowest BCUT2D eigenvalue weighted by atomic mass is 10.1. The average Bonchev–Trinajstić information content (AvgIpc) is 3.22. The standard InChI is InChI=1S/C16H15N7S/c1-3-22-11(2)20-21-16(22)24-14-9-13(12-7-5-4-6-8-12)19-15-17-10-18-23(14)15/h4-10H,3H2,1-2H3. The molecule has 0 saturated heterocycles. The summed E-state index contributed by atoms with van der Waals surface area (Å²) >= 11 is 1.51. The Hall–Kier alpha value is -2.74. The minimum absolute atomic E-state index is 0.568. The van der Waals surface area contributed by atoms with Gasteiger partial charge in [0.15, 0.2) is 5.16 Å². The molecule has 0 spiro atoms. The van der Waals surface area contributed by atoms with Gasteiger partial charge in [-0.05, 0) is 31.7 Å². The number of fused-ring (bicyclic) bond motifs is 1. The first kappa shape index (κ1) is 14.8. The third kappa shape index (κ3) is 2.54. The summed E-state index contributed by atoms with van der Waals surface area (Å²) in [7, 11) is 0. The molecule has 0 fully saturated rings. The number of nitrogens with zero attached hydrogens (tertiary/aromatic N) is 7. The van der Waals surface area contributed by atoms with Crippen molar-refractivity contribution in [2.75, 3.05) is 0 Å². The van der Waals surface area contributed by atoms with Crippen LogP contribution < -0.4 is 0 Å². The Morgan fingerprint density at radius 3 is 2.75 bits per heavy atom. The van der Waals surface area contributed by atoms with E-state index >= 15 is 0 Å². The number of hydrogen-bond donors (Lipinski definition) is 0. The van der Waals surface area contributed by atoms with E-state index in [9.17, 15) is 0 Å². The van der Waals surface area contributed by atoms with Gasteiger partial charge in [0.05, 0.1) is 5.69 Å². The van der Waals surface area contributed by atoms with Crippen molar-refractivity contribution in [2.45, 2.75) is 30.6 Å². The van der Waals surface area contributed by atoms with Crippen molar-refractivity contribution in [3.8, 4) is 11.3 Å². The molecule has 4 aromatic rings. The van der Waals surface area contributed by atoms with Crippen molar-refractivity contribution in [3.63, 3.8) is 0 Å². The van der Waals surface area contributed by atoms with E-state index < -0.39 is 0 Å². The lowest BCUT2D eigenvalue weighted by molar-refractivity contribution is 0.660. The first-order valence-electron chi connectivity index (χ1n) is 7.60. The van der Waals surface area contributed by atoms with Crippen LogP contribution >= 0.6 is 11.8 Å². The fourth-order valence-electron chi connectivity index (χ4n) is 2.51. The second-order valence-corrected chi connectivity index (χ2v) is 6.18. The Morgan fingerprint density at radius 1 is 1.12 bits per heavy atom. The molecular weight excluding hydrogens is 322 g/mol. The Morgan fingerprint density at radius 2 is 1.96 bits per heavy atom. The third-order valence-corrected chi connectivity index (χ3v) is 4.69. The molecule has 0 atom stereocenters. The molecule has 4 rings (SSSR count). The van der Waals surface area contributed by atoms with E-state index in [0.717, 1.165) is 33.8 Å². The quantitative estimate of drug-likeness (QED) is 0.533. The van der Waals surface area contributed by atoms with Crippen molar-refractivity contribution in [1.29, 1.82) is 0 Å². The monoisotopic (exact) mass is 337 g/mol. The minimum atomic E-state index is 0.568. The van der Waals surface area contributed by atoms with Gasteiger partial charge in [0.1, 0.15) is 17.2 Å². The molecule has 0 amide bonds. The van der Waals surface area contributed by atoms with Crippen molar-refractivity contribution in [2.24, 2.45) is 0 Å². The summed E-state index contributed by atoms with van der Waals surface area (Å²) in [6.45, 7) is 4.85. The van der Waals surface area contributed by atoms with Gasteiger partial charge in [0, 0.05) is 12.1 Å². The highest BCUT2D eigenvalue weighted by Crippen LogP contribution is 2.29. The summed E-state index contributed by atoms with van der Waals surface area (Å²) in [6.07, 6.45) is 1.51. The van der Waals surface area contributed by atoms with Crippen LogP contribution in [0.15, 0.2) is 52.9 Å². The van der Waals surface area contributed by atoms with E-state index in [1.807, 2.05) is 43.3 Å². The summed E-state index contributed by atoms with van der Waals surface area (Å²) in [4.78, 5) is 8.83. The van der Waals surface area contributed by atoms with Gasteiger partial charge in [-0.2, -0.15) is 14.6 Å². The zero-order chi connectivity index (χ0) is 16.5. The maximum atomic E-state index is 4.59. The first-order chi connectivity index (χ1) is 11.8. The molecule has 0 aliphatic carbocycles. The van der Waals surface area contributed by atoms with Crippen LogP contribution in [-0.2, 0) is 6.54 Å². The van der Waals surface area contributed by atoms with E-state index in [1.165, 1.54) is 18.1 Å². The van der Waals surface area contributed by atoms with Crippen LogP contribution in [0.2, 0.25) is 0 Å². The van der Waals surface area contributed by atoms with Gasteiger partial charge < -0.3 is 4.57 Å². The van der Waals surface area contributed by atoms with Gasteiger partial charge in [0.2, 0.25) is 0 Å². The van der Waals surface area contributed by atoms with E-state index in [-0.39, 0.29) is 0 Å². The second-order valence-electron chi connectivity index (χ2n) is 5.19. The van der Waals surface area contributed by atoms with Gasteiger partial charge in [-0.3, -0.25) is 0 Å². The molecule has 0 N–H and O–H groups in total. The Balaban J connectivity index is 1.83. The Kier molecular flexibility index (Phi) is 3.73. The normalized spacial score (nSPS) is 11.2. The van der Waals surface area contributed by atoms with Crippen molar-refractivity contribution < 1.29 is 0 Å². The van der Waals surface area contributed by atoms with E-state index in [1.54, 1.807) is 4.52 Å². The summed E-state index contributed by atoms with van der Waals surface area (Å²) in [5.74, 6) is 1.46. The summed E-state index contributed by atoms with van der Waals surface area (Å²) in [5.41, 5.74) is 1.90. The molecule has 0 aliphatic heterocycles. The molecule has 0 aliphatic rings. The van der Waals surface area contributed by atoms with Gasteiger partial charge in [-0.25, -0.2) is 4.98 Å². The fraction of sp³-hybridized carbons (Fsp3) is 0.188. The zero-order valence-electron chi connectivity index (χ0n) is 13.3. The van der Waals surface area contributed by atoms with Gasteiger partial charge >= 0.3 is 0 Å². The third-order valence-electron chi connectivity index (χ3n) is 3.70. The predicted octanol–water partition coefficient (Wildman–Crippen LogP) is 2.86. The fourth-order valence-corrected chi connectivity index (χ4v) is 3.54. The van der Waals surface area contributed by atoms with Crippen LogP contribution in [-0.4, -0.2) is 34.3 Å². The lowest BCUT2D eigenvalue weighted by Gasteiger charge is -2.08. The molecule has 0 radical (unpaired) electrons. The molecule has 24 heavy (non-hydrogen) atoms. The molecule has 7 nitrogen and oxygen atoms in total. The zero-order valence-corrected chi connectivity index (χ0v) is 14.1. The van der Waals surface area contributed by atoms with Crippen LogP contribution in [0.5, 0.6) is 0 Å². The van der Waals surface area contributed by atoms with Crippen LogP contribution in [0.1, 0.15) is 12.7 Å². The summed E-state index contributed by atoms with van der Waals surface area (Å²) in [5, 5.41) is 14.4. The molecule has 1 aromatic carbocycles. The first-order valence-corrected chi connectivity index (χ1v) is 8.41. The second kappa shape index (κ2) is 6.04. The topological polar surface area (TPSA) is 73.8 Å². The minimum Gasteiger partial charge on any atom is -0.306 e. The van der Waals surface area contributed by atoms with E-state index in [4.69, 9.17) is 0 Å². The highest BCUT2D eigenvalue weighted by atomic mass is 32.2. The van der Waals surface area contributed by atoms with E-state index in [2.05, 4.69) is 36.8 Å². The van der Waals surface area contributed by atoms with Crippen molar-refractivity contribution in [3.05, 3.63) is 48.5 Å². The molecule has 3 heterocycles. The maximum Gasteiger partial charge on any atom is 0.253 e. The molecule has 120 valence electrons. The average molecular weight is 337 g/mol. The van der Waals surface area contributed by atoms with Crippen molar-refractivity contribution >= 4 is 17.5 Å². The van der Waals surface area contributed by atoms with Crippen LogP contribution in [0, 0.1) is 6.92 Å². The van der Waals surface area contributed by atoms with Gasteiger partial charge in [-0.1, -0.05) is 30.3 Å². The highest BCUT2D eigenvalue weighted by Gasteiger charge is 2.14. The number of benzene rings is 1. The molecule has 0 unspecified atom stereocenters. The van der Waals surface area contributed by atoms with Gasteiger partial charge in [-0.15, -0.1) is 10.2 Å². The SMILES string of the molecule is CCn1c(C)nnc1Sc1cc(-c2ccccc2)nc2ncnn12. The van der Waals surface area contributed by atoms with Crippen molar-refractivity contribution in [1.82, 2.24) is 34.3 Å². The largest absolute Gasteiger partial charge is 0.306 e. The molecule has 3 aromatic heterocycles. The number of rotatable bonds is 4. The number of hydrogen-bond acceptors (Lipinski definition) is 6. The predicted molar refractivity (Wildman–Crippen MR) is 90.8 cm³/mol.